The van der Waals surface area contributed by atoms with E-state index in [-0.39, 0.29) is 35.1 Å². The summed E-state index contributed by atoms with van der Waals surface area (Å²) in [4.78, 5) is 18.6. The fourth-order valence-corrected chi connectivity index (χ4v) is 7.56. The molecule has 2 aliphatic heterocycles. The lowest BCUT2D eigenvalue weighted by molar-refractivity contribution is -0.117. The molecule has 8 heteroatoms. The number of sulfone groups is 1. The lowest BCUT2D eigenvalue weighted by Gasteiger charge is -2.25. The van der Waals surface area contributed by atoms with Crippen molar-refractivity contribution in [2.45, 2.75) is 17.7 Å². The van der Waals surface area contributed by atoms with Crippen molar-refractivity contribution in [2.75, 3.05) is 16.4 Å². The normalized spacial score (nSPS) is 24.9. The van der Waals surface area contributed by atoms with E-state index in [1.165, 1.54) is 11.8 Å². The van der Waals surface area contributed by atoms with Crippen molar-refractivity contribution in [3.63, 3.8) is 0 Å². The van der Waals surface area contributed by atoms with Crippen LogP contribution < -0.4 is 4.90 Å². The van der Waals surface area contributed by atoms with E-state index in [0.29, 0.717) is 15.9 Å². The van der Waals surface area contributed by atoms with Gasteiger partial charge in [0.1, 0.15) is 0 Å². The highest BCUT2D eigenvalue weighted by molar-refractivity contribution is 8.16. The molecule has 2 saturated heterocycles. The number of thioether (sulfide) groups is 1. The molecular formula is C19H17ClN2O3S2. The molecular weight excluding hydrogens is 404 g/mol. The van der Waals surface area contributed by atoms with Gasteiger partial charge in [0.15, 0.2) is 15.0 Å². The van der Waals surface area contributed by atoms with Crippen LogP contribution in [0.3, 0.4) is 0 Å². The van der Waals surface area contributed by atoms with Crippen LogP contribution in [0.4, 0.5) is 5.69 Å². The molecule has 0 aromatic heterocycles. The van der Waals surface area contributed by atoms with Gasteiger partial charge in [-0.15, -0.1) is 0 Å². The van der Waals surface area contributed by atoms with Crippen LogP contribution >= 0.6 is 23.4 Å². The maximum absolute atomic E-state index is 12.5. The number of nitrogens with zero attached hydrogens (tertiary/aromatic N) is 2. The molecule has 2 aromatic rings. The van der Waals surface area contributed by atoms with E-state index >= 15 is 0 Å². The third-order valence-corrected chi connectivity index (χ3v) is 8.13. The number of para-hydroxylation sites is 1. The molecule has 0 aliphatic carbocycles. The number of aliphatic imine (C=N–C) groups is 1. The predicted octanol–water partition coefficient (Wildman–Crippen LogP) is 3.18. The van der Waals surface area contributed by atoms with E-state index in [1.54, 1.807) is 6.07 Å². The standard InChI is InChI=1S/C19H17ClN2O3S2/c20-14-8-4-5-9-15(14)22-16-11-27(24,25)12-17(16)26-19(22)21-18(23)10-13-6-2-1-3-7-13/h1-9,16-17H,10-12H2/t16-,17+/m1/s1. The highest BCUT2D eigenvalue weighted by Gasteiger charge is 2.49. The Bertz CT molecular complexity index is 1010. The van der Waals surface area contributed by atoms with E-state index in [2.05, 4.69) is 4.99 Å². The van der Waals surface area contributed by atoms with Crippen LogP contribution in [-0.2, 0) is 21.1 Å². The van der Waals surface area contributed by atoms with E-state index in [1.807, 2.05) is 53.4 Å². The summed E-state index contributed by atoms with van der Waals surface area (Å²) in [6.45, 7) is 0. The predicted molar refractivity (Wildman–Crippen MR) is 110 cm³/mol. The number of halogens is 1. The Morgan fingerprint density at radius 3 is 2.56 bits per heavy atom. The van der Waals surface area contributed by atoms with E-state index < -0.39 is 9.84 Å². The van der Waals surface area contributed by atoms with Crippen LogP contribution in [0.1, 0.15) is 5.56 Å². The first-order valence-corrected chi connectivity index (χ1v) is 11.6. The number of amides is 1. The van der Waals surface area contributed by atoms with Crippen molar-refractivity contribution in [1.82, 2.24) is 0 Å². The summed E-state index contributed by atoms with van der Waals surface area (Å²) in [5, 5.41) is 0.884. The van der Waals surface area contributed by atoms with Crippen molar-refractivity contribution in [3.05, 3.63) is 65.2 Å². The molecule has 2 heterocycles. The summed E-state index contributed by atoms with van der Waals surface area (Å²) in [6, 6.07) is 16.4. The Balaban J connectivity index is 1.67. The number of hydrogen-bond acceptors (Lipinski definition) is 4. The van der Waals surface area contributed by atoms with Gasteiger partial charge in [-0.3, -0.25) is 4.79 Å². The molecule has 2 aromatic carbocycles. The van der Waals surface area contributed by atoms with Crippen LogP contribution in [0.2, 0.25) is 5.02 Å². The summed E-state index contributed by atoms with van der Waals surface area (Å²) < 4.78 is 24.2. The minimum atomic E-state index is -3.11. The van der Waals surface area contributed by atoms with E-state index in [4.69, 9.17) is 11.6 Å². The number of carbonyl (C=O) groups is 1. The molecule has 0 radical (unpaired) electrons. The second-order valence-electron chi connectivity index (χ2n) is 6.57. The van der Waals surface area contributed by atoms with Gasteiger partial charge in [-0.05, 0) is 17.7 Å². The number of fused-ring (bicyclic) bond motifs is 1. The van der Waals surface area contributed by atoms with Gasteiger partial charge in [0.25, 0.3) is 5.91 Å². The van der Waals surface area contributed by atoms with Gasteiger partial charge in [-0.1, -0.05) is 65.8 Å². The van der Waals surface area contributed by atoms with Crippen LogP contribution in [0, 0.1) is 0 Å². The van der Waals surface area contributed by atoms with Gasteiger partial charge in [0.05, 0.1) is 34.7 Å². The van der Waals surface area contributed by atoms with Crippen LogP contribution in [-0.4, -0.2) is 42.3 Å². The van der Waals surface area contributed by atoms with Crippen molar-refractivity contribution >= 4 is 50.0 Å². The molecule has 0 spiro atoms. The van der Waals surface area contributed by atoms with Crippen LogP contribution in [0.15, 0.2) is 59.6 Å². The average molecular weight is 421 g/mol. The Morgan fingerprint density at radius 2 is 1.81 bits per heavy atom. The number of hydrogen-bond donors (Lipinski definition) is 0. The third-order valence-electron chi connectivity index (χ3n) is 4.60. The summed E-state index contributed by atoms with van der Waals surface area (Å²) >= 11 is 7.71. The monoisotopic (exact) mass is 420 g/mol. The summed E-state index contributed by atoms with van der Waals surface area (Å²) in [5.74, 6) is -0.125. The van der Waals surface area contributed by atoms with Gasteiger partial charge in [-0.25, -0.2) is 8.42 Å². The topological polar surface area (TPSA) is 66.8 Å². The molecule has 2 fully saturated rings. The molecule has 2 aliphatic rings. The van der Waals surface area contributed by atoms with Crippen LogP contribution in [0.25, 0.3) is 0 Å². The van der Waals surface area contributed by atoms with Crippen molar-refractivity contribution in [1.29, 1.82) is 0 Å². The molecule has 140 valence electrons. The zero-order valence-electron chi connectivity index (χ0n) is 14.3. The zero-order chi connectivity index (χ0) is 19.0. The van der Waals surface area contributed by atoms with Gasteiger partial charge in [-0.2, -0.15) is 4.99 Å². The lowest BCUT2D eigenvalue weighted by Crippen LogP contribution is -2.38. The van der Waals surface area contributed by atoms with Gasteiger partial charge < -0.3 is 4.90 Å². The SMILES string of the molecule is O=C(Cc1ccccc1)N=C1S[C@H]2CS(=O)(=O)C[C@H]2N1c1ccccc1Cl. The Kier molecular flexibility index (Phi) is 5.01. The first-order valence-electron chi connectivity index (χ1n) is 8.49. The largest absolute Gasteiger partial charge is 0.314 e. The average Bonchev–Trinajstić information content (AvgIpc) is 3.07. The minimum Gasteiger partial charge on any atom is -0.314 e. The van der Waals surface area contributed by atoms with Crippen molar-refractivity contribution < 1.29 is 13.2 Å². The number of rotatable bonds is 3. The number of amidine groups is 1. The molecule has 27 heavy (non-hydrogen) atoms. The van der Waals surface area contributed by atoms with E-state index in [9.17, 15) is 13.2 Å². The molecule has 2 atom stereocenters. The van der Waals surface area contributed by atoms with Crippen molar-refractivity contribution in [2.24, 2.45) is 4.99 Å². The molecule has 1 amide bonds. The quantitative estimate of drug-likeness (QED) is 0.762. The molecule has 0 N–H and O–H groups in total. The number of anilines is 1. The minimum absolute atomic E-state index is 0.0434. The third kappa shape index (κ3) is 3.90. The van der Waals surface area contributed by atoms with Gasteiger partial charge in [0.2, 0.25) is 0 Å². The molecule has 0 unspecified atom stereocenters. The summed E-state index contributed by atoms with van der Waals surface area (Å²) in [7, 11) is -3.11. The molecule has 0 bridgehead atoms. The Morgan fingerprint density at radius 1 is 1.11 bits per heavy atom. The zero-order valence-corrected chi connectivity index (χ0v) is 16.7. The Labute approximate surface area is 167 Å². The Hall–Kier alpha value is -1.83. The van der Waals surface area contributed by atoms with Gasteiger partial charge >= 0.3 is 0 Å². The fraction of sp³-hybridized carbons (Fsp3) is 0.263. The summed E-state index contributed by atoms with van der Waals surface area (Å²) in [6.07, 6.45) is 0.203. The first kappa shape index (κ1) is 18.5. The van der Waals surface area contributed by atoms with Crippen LogP contribution in [0.5, 0.6) is 0 Å². The lowest BCUT2D eigenvalue weighted by atomic mass is 10.1. The highest BCUT2D eigenvalue weighted by Crippen LogP contribution is 2.42. The van der Waals surface area contributed by atoms with Gasteiger partial charge in [0, 0.05) is 5.25 Å². The maximum atomic E-state index is 12.5. The maximum Gasteiger partial charge on any atom is 0.252 e. The second-order valence-corrected chi connectivity index (χ2v) is 10.3. The molecule has 5 nitrogen and oxygen atoms in total. The summed E-state index contributed by atoms with van der Waals surface area (Å²) in [5.41, 5.74) is 1.57. The molecule has 0 saturated carbocycles. The number of carbonyl (C=O) groups excluding carboxylic acids is 1. The first-order chi connectivity index (χ1) is 12.9. The second kappa shape index (κ2) is 7.30. The van der Waals surface area contributed by atoms with Crippen molar-refractivity contribution in [3.8, 4) is 0 Å². The smallest absolute Gasteiger partial charge is 0.252 e. The molecule has 4 rings (SSSR count). The van der Waals surface area contributed by atoms with E-state index in [0.717, 1.165) is 5.56 Å². The number of benzene rings is 2. The fourth-order valence-electron chi connectivity index (χ4n) is 3.41. The highest BCUT2D eigenvalue weighted by atomic mass is 35.5.